The highest BCUT2D eigenvalue weighted by molar-refractivity contribution is 6.04. The van der Waals surface area contributed by atoms with E-state index in [0.717, 1.165) is 0 Å². The van der Waals surface area contributed by atoms with Crippen LogP contribution in [0.25, 0.3) is 0 Å². The summed E-state index contributed by atoms with van der Waals surface area (Å²) in [6.45, 7) is 1.66. The van der Waals surface area contributed by atoms with Crippen LogP contribution in [0.3, 0.4) is 0 Å². The standard InChI is InChI=1S/C11H12F3N3/c1-7-4-2-3-5-9(7)17-10(8(16)6-15)11(12,13)14/h2-6H,15-16H2,1H3/b8-6+,17-10?. The third-order valence-corrected chi connectivity index (χ3v) is 2.07. The number of benzene rings is 1. The van der Waals surface area contributed by atoms with Crippen molar-refractivity contribution in [2.24, 2.45) is 16.5 Å². The van der Waals surface area contributed by atoms with Crippen molar-refractivity contribution in [1.82, 2.24) is 0 Å². The number of nitrogens with zero attached hydrogens (tertiary/aromatic N) is 1. The topological polar surface area (TPSA) is 64.4 Å². The molecule has 0 amide bonds. The van der Waals surface area contributed by atoms with E-state index in [2.05, 4.69) is 4.99 Å². The Morgan fingerprint density at radius 1 is 1.29 bits per heavy atom. The number of aliphatic imine (C=N–C) groups is 1. The molecule has 0 radical (unpaired) electrons. The molecule has 3 nitrogen and oxygen atoms in total. The molecule has 0 saturated carbocycles. The molecular weight excluding hydrogens is 231 g/mol. The fourth-order valence-electron chi connectivity index (χ4n) is 1.18. The van der Waals surface area contributed by atoms with Crippen molar-refractivity contribution in [2.75, 3.05) is 0 Å². The van der Waals surface area contributed by atoms with Crippen LogP contribution in [0.2, 0.25) is 0 Å². The zero-order valence-corrected chi connectivity index (χ0v) is 9.12. The van der Waals surface area contributed by atoms with Gasteiger partial charge in [-0.2, -0.15) is 13.2 Å². The number of rotatable bonds is 2. The van der Waals surface area contributed by atoms with Crippen molar-refractivity contribution in [1.29, 1.82) is 0 Å². The summed E-state index contributed by atoms with van der Waals surface area (Å²) >= 11 is 0. The number of allylic oxidation sites excluding steroid dienone is 1. The van der Waals surface area contributed by atoms with Crippen LogP contribution < -0.4 is 11.5 Å². The number of hydrogen-bond donors (Lipinski definition) is 2. The Morgan fingerprint density at radius 3 is 2.35 bits per heavy atom. The monoisotopic (exact) mass is 243 g/mol. The maximum absolute atomic E-state index is 12.7. The molecule has 0 heterocycles. The first-order valence-electron chi connectivity index (χ1n) is 4.75. The Labute approximate surface area is 96.6 Å². The quantitative estimate of drug-likeness (QED) is 0.783. The van der Waals surface area contributed by atoms with Gasteiger partial charge in [-0.15, -0.1) is 0 Å². The first-order valence-corrected chi connectivity index (χ1v) is 4.75. The number of hydrogen-bond acceptors (Lipinski definition) is 3. The molecule has 0 unspecified atom stereocenters. The second-order valence-corrected chi connectivity index (χ2v) is 3.37. The number of nitrogens with two attached hydrogens (primary N) is 2. The Kier molecular flexibility index (Phi) is 3.77. The van der Waals surface area contributed by atoms with E-state index in [-0.39, 0.29) is 5.69 Å². The van der Waals surface area contributed by atoms with Crippen LogP contribution in [0.5, 0.6) is 0 Å². The minimum atomic E-state index is -4.64. The van der Waals surface area contributed by atoms with Crippen molar-refractivity contribution in [3.8, 4) is 0 Å². The number of aryl methyl sites for hydroxylation is 1. The number of halogens is 3. The van der Waals surface area contributed by atoms with Crippen molar-refractivity contribution in [3.05, 3.63) is 41.7 Å². The Bertz CT molecular complexity index is 461. The molecule has 0 aliphatic rings. The van der Waals surface area contributed by atoms with Gasteiger partial charge in [-0.05, 0) is 18.6 Å². The molecule has 92 valence electrons. The Hall–Kier alpha value is -1.98. The van der Waals surface area contributed by atoms with Crippen molar-refractivity contribution in [2.45, 2.75) is 13.1 Å². The van der Waals surface area contributed by atoms with Crippen LogP contribution in [-0.2, 0) is 0 Å². The molecule has 0 aliphatic heterocycles. The number of alkyl halides is 3. The minimum absolute atomic E-state index is 0.213. The second-order valence-electron chi connectivity index (χ2n) is 3.37. The molecule has 17 heavy (non-hydrogen) atoms. The summed E-state index contributed by atoms with van der Waals surface area (Å²) in [6.07, 6.45) is -3.95. The Morgan fingerprint density at radius 2 is 1.88 bits per heavy atom. The molecule has 0 spiro atoms. The van der Waals surface area contributed by atoms with E-state index in [1.54, 1.807) is 25.1 Å². The SMILES string of the molecule is Cc1ccccc1N=C(/C(N)=C\N)C(F)(F)F. The van der Waals surface area contributed by atoms with Gasteiger partial charge in [0, 0.05) is 6.20 Å². The van der Waals surface area contributed by atoms with Gasteiger partial charge in [0.2, 0.25) is 0 Å². The highest BCUT2D eigenvalue weighted by Crippen LogP contribution is 2.25. The molecule has 1 aromatic rings. The fraction of sp³-hybridized carbons (Fsp3) is 0.182. The van der Waals surface area contributed by atoms with E-state index in [0.29, 0.717) is 11.8 Å². The van der Waals surface area contributed by atoms with E-state index in [4.69, 9.17) is 11.5 Å². The number of para-hydroxylation sites is 1. The van der Waals surface area contributed by atoms with E-state index in [9.17, 15) is 13.2 Å². The van der Waals surface area contributed by atoms with Gasteiger partial charge in [-0.3, -0.25) is 0 Å². The average Bonchev–Trinajstić information content (AvgIpc) is 2.25. The molecule has 0 bridgehead atoms. The maximum Gasteiger partial charge on any atom is 0.435 e. The van der Waals surface area contributed by atoms with E-state index in [1.807, 2.05) is 0 Å². The van der Waals surface area contributed by atoms with Gasteiger partial charge in [0.25, 0.3) is 0 Å². The van der Waals surface area contributed by atoms with Crippen LogP contribution >= 0.6 is 0 Å². The largest absolute Gasteiger partial charge is 0.435 e. The van der Waals surface area contributed by atoms with Crippen molar-refractivity contribution in [3.63, 3.8) is 0 Å². The summed E-state index contributed by atoms with van der Waals surface area (Å²) in [6, 6.07) is 6.45. The zero-order valence-electron chi connectivity index (χ0n) is 9.12. The fourth-order valence-corrected chi connectivity index (χ4v) is 1.18. The lowest BCUT2D eigenvalue weighted by atomic mass is 10.2. The summed E-state index contributed by atoms with van der Waals surface area (Å²) in [7, 11) is 0. The molecule has 0 saturated heterocycles. The summed E-state index contributed by atoms with van der Waals surface area (Å²) < 4.78 is 38.0. The Balaban J connectivity index is 3.30. The van der Waals surface area contributed by atoms with Crippen molar-refractivity contribution < 1.29 is 13.2 Å². The predicted molar refractivity (Wildman–Crippen MR) is 60.8 cm³/mol. The highest BCUT2D eigenvalue weighted by Gasteiger charge is 2.37. The van der Waals surface area contributed by atoms with Crippen LogP contribution in [0, 0.1) is 6.92 Å². The van der Waals surface area contributed by atoms with E-state index in [1.165, 1.54) is 6.07 Å². The maximum atomic E-state index is 12.7. The molecule has 0 atom stereocenters. The van der Waals surface area contributed by atoms with Gasteiger partial charge >= 0.3 is 6.18 Å². The molecule has 0 fully saturated rings. The van der Waals surface area contributed by atoms with Gasteiger partial charge in [0.05, 0.1) is 11.4 Å². The molecule has 0 aromatic heterocycles. The molecule has 4 N–H and O–H groups in total. The molecule has 0 aliphatic carbocycles. The van der Waals surface area contributed by atoms with Gasteiger partial charge < -0.3 is 11.5 Å². The predicted octanol–water partition coefficient (Wildman–Crippen LogP) is 2.39. The summed E-state index contributed by atoms with van der Waals surface area (Å²) in [5.74, 6) is 0. The third-order valence-electron chi connectivity index (χ3n) is 2.07. The van der Waals surface area contributed by atoms with Gasteiger partial charge in [-0.25, -0.2) is 4.99 Å². The van der Waals surface area contributed by atoms with Gasteiger partial charge in [-0.1, -0.05) is 18.2 Å². The first kappa shape index (κ1) is 13.1. The van der Waals surface area contributed by atoms with Crippen molar-refractivity contribution >= 4 is 11.4 Å². The highest BCUT2D eigenvalue weighted by atomic mass is 19.4. The van der Waals surface area contributed by atoms with E-state index >= 15 is 0 Å². The third kappa shape index (κ3) is 3.24. The van der Waals surface area contributed by atoms with Crippen LogP contribution in [0.4, 0.5) is 18.9 Å². The lowest BCUT2D eigenvalue weighted by Crippen LogP contribution is -2.29. The van der Waals surface area contributed by atoms with Crippen LogP contribution in [0.1, 0.15) is 5.56 Å². The van der Waals surface area contributed by atoms with Crippen LogP contribution in [0.15, 0.2) is 41.2 Å². The summed E-state index contributed by atoms with van der Waals surface area (Å²) in [5.41, 5.74) is 9.23. The second kappa shape index (κ2) is 4.90. The average molecular weight is 243 g/mol. The van der Waals surface area contributed by atoms with Crippen LogP contribution in [-0.4, -0.2) is 11.9 Å². The smallest absolute Gasteiger partial charge is 0.403 e. The normalized spacial score (nSPS) is 13.9. The molecule has 6 heteroatoms. The van der Waals surface area contributed by atoms with Gasteiger partial charge in [0.15, 0.2) is 5.71 Å². The van der Waals surface area contributed by atoms with E-state index < -0.39 is 17.6 Å². The molecular formula is C11H12F3N3. The minimum Gasteiger partial charge on any atom is -0.403 e. The summed E-state index contributed by atoms with van der Waals surface area (Å²) in [5, 5.41) is 0. The summed E-state index contributed by atoms with van der Waals surface area (Å²) in [4.78, 5) is 3.52. The zero-order chi connectivity index (χ0) is 13.1. The first-order chi connectivity index (χ1) is 7.86. The molecule has 1 rings (SSSR count). The lowest BCUT2D eigenvalue weighted by molar-refractivity contribution is -0.0582. The van der Waals surface area contributed by atoms with Gasteiger partial charge in [0.1, 0.15) is 0 Å². The lowest BCUT2D eigenvalue weighted by Gasteiger charge is -2.11. The molecule has 1 aromatic carbocycles.